The number of rotatable bonds is 4. The maximum Gasteiger partial charge on any atom is 0.258 e. The summed E-state index contributed by atoms with van der Waals surface area (Å²) in [5.74, 6) is 0.749. The lowest BCUT2D eigenvalue weighted by atomic mass is 9.95. The third-order valence-corrected chi connectivity index (χ3v) is 4.25. The Labute approximate surface area is 135 Å². The van der Waals surface area contributed by atoms with Crippen LogP contribution in [0.3, 0.4) is 0 Å². The summed E-state index contributed by atoms with van der Waals surface area (Å²) in [6.45, 7) is 1.95. The van der Waals surface area contributed by atoms with Crippen LogP contribution in [-0.2, 0) is 11.2 Å². The Hall–Kier alpha value is -2.37. The number of amides is 1. The molecule has 0 aliphatic heterocycles. The third-order valence-electron chi connectivity index (χ3n) is 4.25. The Morgan fingerprint density at radius 1 is 1.35 bits per heavy atom. The molecule has 0 atom stereocenters. The van der Waals surface area contributed by atoms with E-state index in [-0.39, 0.29) is 12.3 Å². The number of hydrogen-bond donors (Lipinski definition) is 2. The fourth-order valence-corrected chi connectivity index (χ4v) is 2.97. The SMILES string of the molecule is Cc1ccc(N)cc1-c1nc(CC(=O)NC2CCCCC2)no1. The highest BCUT2D eigenvalue weighted by atomic mass is 16.5. The van der Waals surface area contributed by atoms with Gasteiger partial charge in [-0.1, -0.05) is 30.5 Å². The van der Waals surface area contributed by atoms with Crippen molar-refractivity contribution in [1.29, 1.82) is 0 Å². The summed E-state index contributed by atoms with van der Waals surface area (Å²) in [4.78, 5) is 16.4. The molecule has 1 aromatic heterocycles. The van der Waals surface area contributed by atoms with Crippen molar-refractivity contribution in [1.82, 2.24) is 15.5 Å². The lowest BCUT2D eigenvalue weighted by molar-refractivity contribution is -0.121. The summed E-state index contributed by atoms with van der Waals surface area (Å²) in [6.07, 6.45) is 5.90. The fraction of sp³-hybridized carbons (Fsp3) is 0.471. The zero-order valence-electron chi connectivity index (χ0n) is 13.3. The van der Waals surface area contributed by atoms with Gasteiger partial charge in [0.1, 0.15) is 0 Å². The van der Waals surface area contributed by atoms with Crippen LogP contribution in [0, 0.1) is 6.92 Å². The molecule has 3 N–H and O–H groups in total. The van der Waals surface area contributed by atoms with Gasteiger partial charge in [0.2, 0.25) is 5.91 Å². The first-order chi connectivity index (χ1) is 11.1. The lowest BCUT2D eigenvalue weighted by Crippen LogP contribution is -2.37. The monoisotopic (exact) mass is 314 g/mol. The molecule has 0 unspecified atom stereocenters. The van der Waals surface area contributed by atoms with Crippen LogP contribution in [0.4, 0.5) is 5.69 Å². The van der Waals surface area contributed by atoms with E-state index in [4.69, 9.17) is 10.3 Å². The molecule has 1 aliphatic rings. The van der Waals surface area contributed by atoms with E-state index in [9.17, 15) is 4.79 Å². The molecule has 1 saturated carbocycles. The van der Waals surface area contributed by atoms with Crippen LogP contribution in [0.15, 0.2) is 22.7 Å². The van der Waals surface area contributed by atoms with E-state index in [2.05, 4.69) is 15.5 Å². The second-order valence-electron chi connectivity index (χ2n) is 6.17. The molecule has 0 bridgehead atoms. The highest BCUT2D eigenvalue weighted by Crippen LogP contribution is 2.24. The minimum Gasteiger partial charge on any atom is -0.399 e. The summed E-state index contributed by atoms with van der Waals surface area (Å²) in [5, 5.41) is 6.96. The van der Waals surface area contributed by atoms with E-state index in [0.29, 0.717) is 23.4 Å². The number of hydrogen-bond acceptors (Lipinski definition) is 5. The van der Waals surface area contributed by atoms with Crippen molar-refractivity contribution in [3.63, 3.8) is 0 Å². The van der Waals surface area contributed by atoms with Gasteiger partial charge in [-0.15, -0.1) is 0 Å². The van der Waals surface area contributed by atoms with Crippen LogP contribution in [0.2, 0.25) is 0 Å². The van der Waals surface area contributed by atoms with E-state index < -0.39 is 0 Å². The molecular weight excluding hydrogens is 292 g/mol. The number of aromatic nitrogens is 2. The predicted molar refractivity (Wildman–Crippen MR) is 87.6 cm³/mol. The van der Waals surface area contributed by atoms with Crippen molar-refractivity contribution in [3.05, 3.63) is 29.6 Å². The average Bonchev–Trinajstić information content (AvgIpc) is 2.98. The van der Waals surface area contributed by atoms with Gasteiger partial charge in [-0.3, -0.25) is 4.79 Å². The maximum absolute atomic E-state index is 12.1. The molecule has 1 fully saturated rings. The van der Waals surface area contributed by atoms with E-state index in [1.54, 1.807) is 6.07 Å². The zero-order valence-corrected chi connectivity index (χ0v) is 13.3. The molecule has 0 spiro atoms. The van der Waals surface area contributed by atoms with Gasteiger partial charge >= 0.3 is 0 Å². The minimum atomic E-state index is -0.0476. The average molecular weight is 314 g/mol. The number of aryl methyl sites for hydroxylation is 1. The predicted octanol–water partition coefficient (Wildman–Crippen LogP) is 2.62. The lowest BCUT2D eigenvalue weighted by Gasteiger charge is -2.22. The number of nitrogen functional groups attached to an aromatic ring is 1. The number of anilines is 1. The number of nitrogens with two attached hydrogens (primary N) is 1. The van der Waals surface area contributed by atoms with Gasteiger partial charge in [-0.25, -0.2) is 0 Å². The standard InChI is InChI=1S/C17H22N4O2/c1-11-7-8-12(18)9-14(11)17-20-15(21-23-17)10-16(22)19-13-5-3-2-4-6-13/h7-9,13H,2-6,10,18H2,1H3,(H,19,22). The largest absolute Gasteiger partial charge is 0.399 e. The van der Waals surface area contributed by atoms with Gasteiger partial charge in [0.15, 0.2) is 5.82 Å². The Morgan fingerprint density at radius 3 is 2.91 bits per heavy atom. The summed E-state index contributed by atoms with van der Waals surface area (Å²) in [6, 6.07) is 5.83. The number of benzene rings is 1. The molecule has 6 heteroatoms. The molecule has 0 saturated heterocycles. The molecule has 3 rings (SSSR count). The quantitative estimate of drug-likeness (QED) is 0.846. The molecule has 1 aliphatic carbocycles. The number of carbonyl (C=O) groups excluding carboxylic acids is 1. The normalized spacial score (nSPS) is 15.5. The summed E-state index contributed by atoms with van der Waals surface area (Å²) < 4.78 is 5.28. The first-order valence-corrected chi connectivity index (χ1v) is 8.10. The van der Waals surface area contributed by atoms with E-state index in [1.165, 1.54) is 19.3 Å². The van der Waals surface area contributed by atoms with Crippen LogP contribution in [0.1, 0.15) is 43.5 Å². The van der Waals surface area contributed by atoms with Crippen molar-refractivity contribution in [2.75, 3.05) is 5.73 Å². The van der Waals surface area contributed by atoms with Crippen molar-refractivity contribution in [2.45, 2.75) is 51.5 Å². The van der Waals surface area contributed by atoms with Crippen molar-refractivity contribution in [3.8, 4) is 11.5 Å². The van der Waals surface area contributed by atoms with E-state index >= 15 is 0 Å². The van der Waals surface area contributed by atoms with Crippen LogP contribution >= 0.6 is 0 Å². The first kappa shape index (κ1) is 15.5. The summed E-state index contributed by atoms with van der Waals surface area (Å²) in [7, 11) is 0. The van der Waals surface area contributed by atoms with Gasteiger partial charge in [-0.05, 0) is 37.5 Å². The van der Waals surface area contributed by atoms with Crippen LogP contribution in [0.5, 0.6) is 0 Å². The number of nitrogens with one attached hydrogen (secondary N) is 1. The second-order valence-corrected chi connectivity index (χ2v) is 6.17. The minimum absolute atomic E-state index is 0.0476. The van der Waals surface area contributed by atoms with E-state index in [1.807, 2.05) is 19.1 Å². The van der Waals surface area contributed by atoms with Crippen molar-refractivity contribution >= 4 is 11.6 Å². The Bertz CT molecular complexity index is 690. The Balaban J connectivity index is 1.64. The topological polar surface area (TPSA) is 94.0 Å². The number of nitrogens with zero attached hydrogens (tertiary/aromatic N) is 2. The summed E-state index contributed by atoms with van der Waals surface area (Å²) >= 11 is 0. The molecule has 23 heavy (non-hydrogen) atoms. The molecule has 0 radical (unpaired) electrons. The van der Waals surface area contributed by atoms with Gasteiger partial charge in [0, 0.05) is 17.3 Å². The van der Waals surface area contributed by atoms with Gasteiger partial charge < -0.3 is 15.6 Å². The van der Waals surface area contributed by atoms with Gasteiger partial charge in [0.05, 0.1) is 6.42 Å². The first-order valence-electron chi connectivity index (χ1n) is 8.10. The second kappa shape index (κ2) is 6.81. The molecule has 1 amide bonds. The smallest absolute Gasteiger partial charge is 0.258 e. The Morgan fingerprint density at radius 2 is 2.13 bits per heavy atom. The molecule has 6 nitrogen and oxygen atoms in total. The molecular formula is C17H22N4O2. The molecule has 2 aromatic rings. The van der Waals surface area contributed by atoms with Gasteiger partial charge in [-0.2, -0.15) is 4.98 Å². The zero-order chi connectivity index (χ0) is 16.2. The number of carbonyl (C=O) groups is 1. The van der Waals surface area contributed by atoms with Gasteiger partial charge in [0.25, 0.3) is 5.89 Å². The fourth-order valence-electron chi connectivity index (χ4n) is 2.97. The van der Waals surface area contributed by atoms with Crippen molar-refractivity contribution in [2.24, 2.45) is 0 Å². The summed E-state index contributed by atoms with van der Waals surface area (Å²) in [5.41, 5.74) is 8.24. The molecule has 1 heterocycles. The van der Waals surface area contributed by atoms with E-state index in [0.717, 1.165) is 24.0 Å². The molecule has 1 aromatic carbocycles. The van der Waals surface area contributed by atoms with Crippen molar-refractivity contribution < 1.29 is 9.32 Å². The highest BCUT2D eigenvalue weighted by Gasteiger charge is 2.18. The Kier molecular flexibility index (Phi) is 4.60. The highest BCUT2D eigenvalue weighted by molar-refractivity contribution is 5.78. The van der Waals surface area contributed by atoms with Crippen LogP contribution < -0.4 is 11.1 Å². The van der Waals surface area contributed by atoms with Crippen LogP contribution in [-0.4, -0.2) is 22.1 Å². The molecule has 122 valence electrons. The maximum atomic E-state index is 12.1. The van der Waals surface area contributed by atoms with Crippen LogP contribution in [0.25, 0.3) is 11.5 Å². The third kappa shape index (κ3) is 3.88.